The second-order valence-electron chi connectivity index (χ2n) is 9.80. The fraction of sp³-hybridized carbons (Fsp3) is 0.367. The van der Waals surface area contributed by atoms with Crippen LogP contribution >= 0.6 is 0 Å². The van der Waals surface area contributed by atoms with Crippen molar-refractivity contribution in [3.05, 3.63) is 95.6 Å². The summed E-state index contributed by atoms with van der Waals surface area (Å²) in [5, 5.41) is 7.00. The molecule has 1 fully saturated rings. The summed E-state index contributed by atoms with van der Waals surface area (Å²) in [6.45, 7) is 8.71. The molecule has 0 aromatic heterocycles. The third kappa shape index (κ3) is 6.27. The summed E-state index contributed by atoms with van der Waals surface area (Å²) < 4.78 is 0. The molecule has 1 atom stereocenters. The summed E-state index contributed by atoms with van der Waals surface area (Å²) in [7, 11) is 0. The molecule has 4 nitrogen and oxygen atoms in total. The summed E-state index contributed by atoms with van der Waals surface area (Å²) in [6.07, 6.45) is 2.07. The van der Waals surface area contributed by atoms with Gasteiger partial charge in [-0.15, -0.1) is 0 Å². The number of anilines is 2. The molecule has 2 N–H and O–H groups in total. The van der Waals surface area contributed by atoms with Crippen molar-refractivity contribution in [1.82, 2.24) is 10.2 Å². The van der Waals surface area contributed by atoms with Crippen molar-refractivity contribution < 1.29 is 4.79 Å². The van der Waals surface area contributed by atoms with Crippen molar-refractivity contribution in [2.75, 3.05) is 18.4 Å². The van der Waals surface area contributed by atoms with E-state index in [1.54, 1.807) is 0 Å². The molecule has 3 aromatic carbocycles. The van der Waals surface area contributed by atoms with Gasteiger partial charge in [-0.25, -0.2) is 0 Å². The lowest BCUT2D eigenvalue weighted by molar-refractivity contribution is -0.135. The number of likely N-dealkylation sites (tertiary alicyclic amines) is 1. The minimum atomic E-state index is -0.179. The van der Waals surface area contributed by atoms with E-state index in [4.69, 9.17) is 0 Å². The standard InChI is InChI=1S/C30H37N3O/c1-22(2)29(30(34)33-18-16-26(17-19-33)25-14-12-23(3)13-15-25)31-21-24-8-7-11-28(20-24)32-27-9-5-4-6-10-27/h4-15,20,22,26,29,31-32H,16-19,21H2,1-3H3. The van der Waals surface area contributed by atoms with Crippen molar-refractivity contribution >= 4 is 17.3 Å². The highest BCUT2D eigenvalue weighted by Gasteiger charge is 2.30. The zero-order valence-corrected chi connectivity index (χ0v) is 20.6. The van der Waals surface area contributed by atoms with Crippen LogP contribution in [0.3, 0.4) is 0 Å². The predicted molar refractivity (Wildman–Crippen MR) is 141 cm³/mol. The Kier molecular flexibility index (Phi) is 8.02. The first-order valence-corrected chi connectivity index (χ1v) is 12.5. The van der Waals surface area contributed by atoms with Gasteiger partial charge in [0.25, 0.3) is 0 Å². The Morgan fingerprint density at radius 1 is 0.912 bits per heavy atom. The SMILES string of the molecule is Cc1ccc(C2CCN(C(=O)C(NCc3cccc(Nc4ccccc4)c3)C(C)C)CC2)cc1. The second kappa shape index (κ2) is 11.3. The molecule has 178 valence electrons. The number of carbonyl (C=O) groups excluding carboxylic acids is 1. The van der Waals surface area contributed by atoms with Gasteiger partial charge in [0.1, 0.15) is 0 Å². The Labute approximate surface area is 204 Å². The molecule has 1 heterocycles. The summed E-state index contributed by atoms with van der Waals surface area (Å²) >= 11 is 0. The minimum Gasteiger partial charge on any atom is -0.356 e. The van der Waals surface area contributed by atoms with Crippen LogP contribution in [0, 0.1) is 12.8 Å². The summed E-state index contributed by atoms with van der Waals surface area (Å²) in [6, 6.07) is 27.3. The number of hydrogen-bond acceptors (Lipinski definition) is 3. The van der Waals surface area contributed by atoms with Gasteiger partial charge in [-0.1, -0.05) is 74.0 Å². The van der Waals surface area contributed by atoms with Gasteiger partial charge in [-0.2, -0.15) is 0 Å². The quantitative estimate of drug-likeness (QED) is 0.421. The number of carbonyl (C=O) groups is 1. The number of amides is 1. The van der Waals surface area contributed by atoms with Gasteiger partial charge in [0.2, 0.25) is 5.91 Å². The highest BCUT2D eigenvalue weighted by atomic mass is 16.2. The van der Waals surface area contributed by atoms with Crippen LogP contribution in [0.1, 0.15) is 49.3 Å². The maximum absolute atomic E-state index is 13.4. The number of hydrogen-bond donors (Lipinski definition) is 2. The molecule has 0 aliphatic carbocycles. The lowest BCUT2D eigenvalue weighted by atomic mass is 9.88. The fourth-order valence-corrected chi connectivity index (χ4v) is 4.75. The van der Waals surface area contributed by atoms with Crippen LogP contribution in [0.15, 0.2) is 78.9 Å². The van der Waals surface area contributed by atoms with Gasteiger partial charge in [0, 0.05) is 31.0 Å². The normalized spacial score (nSPS) is 15.4. The summed E-state index contributed by atoms with van der Waals surface area (Å²) in [4.78, 5) is 15.5. The number of rotatable bonds is 8. The Morgan fingerprint density at radius 3 is 2.26 bits per heavy atom. The van der Waals surface area contributed by atoms with Crippen LogP contribution in [0.4, 0.5) is 11.4 Å². The molecule has 1 aliphatic heterocycles. The molecular formula is C30H37N3O. The van der Waals surface area contributed by atoms with Crippen molar-refractivity contribution in [2.45, 2.75) is 52.1 Å². The van der Waals surface area contributed by atoms with Crippen LogP contribution in [0.25, 0.3) is 0 Å². The van der Waals surface area contributed by atoms with Gasteiger partial charge in [-0.3, -0.25) is 4.79 Å². The van der Waals surface area contributed by atoms with E-state index in [1.165, 1.54) is 11.1 Å². The maximum Gasteiger partial charge on any atom is 0.239 e. The zero-order chi connectivity index (χ0) is 23.9. The number of aryl methyl sites for hydroxylation is 1. The molecule has 0 bridgehead atoms. The monoisotopic (exact) mass is 455 g/mol. The molecule has 3 aromatic rings. The molecule has 1 aliphatic rings. The summed E-state index contributed by atoms with van der Waals surface area (Å²) in [5.74, 6) is 1.01. The van der Waals surface area contributed by atoms with E-state index in [2.05, 4.69) is 97.0 Å². The number of benzene rings is 3. The van der Waals surface area contributed by atoms with Crippen LogP contribution in [-0.2, 0) is 11.3 Å². The second-order valence-corrected chi connectivity index (χ2v) is 9.80. The average Bonchev–Trinajstić information content (AvgIpc) is 2.85. The topological polar surface area (TPSA) is 44.4 Å². The molecule has 1 amide bonds. The zero-order valence-electron chi connectivity index (χ0n) is 20.6. The predicted octanol–water partition coefficient (Wildman–Crippen LogP) is 6.26. The van der Waals surface area contributed by atoms with Crippen LogP contribution in [-0.4, -0.2) is 29.9 Å². The summed E-state index contributed by atoms with van der Waals surface area (Å²) in [5.41, 5.74) is 5.98. The van der Waals surface area contributed by atoms with E-state index < -0.39 is 0 Å². The smallest absolute Gasteiger partial charge is 0.239 e. The molecule has 1 saturated heterocycles. The number of nitrogens with one attached hydrogen (secondary N) is 2. The number of para-hydroxylation sites is 1. The number of piperidine rings is 1. The van der Waals surface area contributed by atoms with Gasteiger partial charge in [0.15, 0.2) is 0 Å². The Balaban J connectivity index is 1.33. The minimum absolute atomic E-state index is 0.179. The average molecular weight is 456 g/mol. The maximum atomic E-state index is 13.4. The molecule has 0 spiro atoms. The third-order valence-electron chi connectivity index (χ3n) is 6.80. The van der Waals surface area contributed by atoms with E-state index >= 15 is 0 Å². The number of nitrogens with zero attached hydrogens (tertiary/aromatic N) is 1. The Bertz CT molecular complexity index is 1050. The fourth-order valence-electron chi connectivity index (χ4n) is 4.75. The molecule has 1 unspecified atom stereocenters. The van der Waals surface area contributed by atoms with Gasteiger partial charge < -0.3 is 15.5 Å². The lowest BCUT2D eigenvalue weighted by Gasteiger charge is -2.35. The van der Waals surface area contributed by atoms with Gasteiger partial charge >= 0.3 is 0 Å². The highest BCUT2D eigenvalue weighted by Crippen LogP contribution is 2.29. The molecule has 4 rings (SSSR count). The molecule has 0 radical (unpaired) electrons. The van der Waals surface area contributed by atoms with Crippen molar-refractivity contribution in [3.63, 3.8) is 0 Å². The lowest BCUT2D eigenvalue weighted by Crippen LogP contribution is -2.51. The van der Waals surface area contributed by atoms with Crippen LogP contribution < -0.4 is 10.6 Å². The van der Waals surface area contributed by atoms with E-state index in [0.29, 0.717) is 12.5 Å². The first-order chi connectivity index (χ1) is 16.5. The Morgan fingerprint density at radius 2 is 1.59 bits per heavy atom. The van der Waals surface area contributed by atoms with Crippen molar-refractivity contribution in [1.29, 1.82) is 0 Å². The van der Waals surface area contributed by atoms with E-state index in [0.717, 1.165) is 42.9 Å². The first kappa shape index (κ1) is 24.0. The molecular weight excluding hydrogens is 418 g/mol. The highest BCUT2D eigenvalue weighted by molar-refractivity contribution is 5.82. The van der Waals surface area contributed by atoms with E-state index in [-0.39, 0.29) is 17.9 Å². The molecule has 0 saturated carbocycles. The van der Waals surface area contributed by atoms with Crippen molar-refractivity contribution in [2.24, 2.45) is 5.92 Å². The van der Waals surface area contributed by atoms with Crippen LogP contribution in [0.2, 0.25) is 0 Å². The van der Waals surface area contributed by atoms with E-state index in [9.17, 15) is 4.79 Å². The van der Waals surface area contributed by atoms with Gasteiger partial charge in [-0.05, 0) is 67.0 Å². The Hall–Kier alpha value is -3.11. The largest absolute Gasteiger partial charge is 0.356 e. The van der Waals surface area contributed by atoms with Gasteiger partial charge in [0.05, 0.1) is 6.04 Å². The van der Waals surface area contributed by atoms with Crippen LogP contribution in [0.5, 0.6) is 0 Å². The third-order valence-corrected chi connectivity index (χ3v) is 6.80. The molecule has 4 heteroatoms. The first-order valence-electron chi connectivity index (χ1n) is 12.5. The van der Waals surface area contributed by atoms with E-state index in [1.807, 2.05) is 18.2 Å². The van der Waals surface area contributed by atoms with Crippen molar-refractivity contribution in [3.8, 4) is 0 Å². The molecule has 34 heavy (non-hydrogen) atoms.